The number of carbonyl (C=O) groups excluding carboxylic acids is 2. The molecule has 4 N–H and O–H groups in total. The molecule has 0 unspecified atom stereocenters. The molecule has 0 radical (unpaired) electrons. The van der Waals surface area contributed by atoms with Crippen LogP contribution < -0.4 is 10.6 Å². The summed E-state index contributed by atoms with van der Waals surface area (Å²) in [6.07, 6.45) is 0.0353. The first-order valence-corrected chi connectivity index (χ1v) is 5.59. The first-order chi connectivity index (χ1) is 8.86. The number of hydrogen-bond donors (Lipinski definition) is 4. The molecule has 0 saturated heterocycles. The predicted molar refractivity (Wildman–Crippen MR) is 63.5 cm³/mol. The highest BCUT2D eigenvalue weighted by molar-refractivity contribution is 5.84. The van der Waals surface area contributed by atoms with Crippen molar-refractivity contribution in [2.24, 2.45) is 0 Å². The molecule has 9 nitrogen and oxygen atoms in total. The Bertz CT molecular complexity index is 341. The Morgan fingerprint density at radius 1 is 1.00 bits per heavy atom. The summed E-state index contributed by atoms with van der Waals surface area (Å²) in [7, 11) is 0. The number of nitrogens with one attached hydrogen (secondary N) is 2. The van der Waals surface area contributed by atoms with E-state index in [0.717, 1.165) is 0 Å². The molecule has 0 rings (SSSR count). The zero-order valence-electron chi connectivity index (χ0n) is 10.5. The summed E-state index contributed by atoms with van der Waals surface area (Å²) in [6.45, 7) is 0.772. The summed E-state index contributed by atoms with van der Waals surface area (Å²) in [5.41, 5.74) is 0. The minimum atomic E-state index is -1.32. The van der Waals surface area contributed by atoms with Gasteiger partial charge in [-0.1, -0.05) is 0 Å². The van der Waals surface area contributed by atoms with E-state index >= 15 is 0 Å². The van der Waals surface area contributed by atoms with Crippen molar-refractivity contribution in [1.29, 1.82) is 0 Å². The number of aliphatic carboxylic acids is 2. The second-order valence-corrected chi connectivity index (χ2v) is 3.58. The average Bonchev–Trinajstić information content (AvgIpc) is 2.27. The van der Waals surface area contributed by atoms with Crippen molar-refractivity contribution in [1.82, 2.24) is 15.5 Å². The van der Waals surface area contributed by atoms with Crippen molar-refractivity contribution in [3.8, 4) is 0 Å². The van der Waals surface area contributed by atoms with E-state index in [4.69, 9.17) is 10.2 Å². The normalized spacial score (nSPS) is 9.53. The van der Waals surface area contributed by atoms with Gasteiger partial charge in [0, 0.05) is 19.5 Å². The predicted octanol–water partition coefficient (Wildman–Crippen LogP) is -1.31. The molecule has 0 atom stereocenters. The molecule has 3 amide bonds. The van der Waals surface area contributed by atoms with Gasteiger partial charge in [0.1, 0.15) is 13.1 Å². The Morgan fingerprint density at radius 3 is 1.95 bits per heavy atom. The Labute approximate surface area is 109 Å². The van der Waals surface area contributed by atoms with Crippen LogP contribution in [0.15, 0.2) is 0 Å². The minimum absolute atomic E-state index is 0.000402. The number of rotatable bonds is 8. The van der Waals surface area contributed by atoms with Crippen LogP contribution in [0.2, 0.25) is 0 Å². The molecule has 0 aliphatic carbocycles. The van der Waals surface area contributed by atoms with Crippen LogP contribution in [0.25, 0.3) is 0 Å². The first-order valence-electron chi connectivity index (χ1n) is 5.59. The summed E-state index contributed by atoms with van der Waals surface area (Å²) in [4.78, 5) is 44.2. The molecule has 0 aliphatic heterocycles. The Hall–Kier alpha value is -2.32. The lowest BCUT2D eigenvalue weighted by atomic mass is 10.4. The third kappa shape index (κ3) is 8.41. The number of carboxylic acids is 2. The number of carboxylic acid groups (broad SMARTS) is 2. The third-order valence-corrected chi connectivity index (χ3v) is 1.94. The Balaban J connectivity index is 4.20. The lowest BCUT2D eigenvalue weighted by molar-refractivity contribution is -0.140. The van der Waals surface area contributed by atoms with E-state index in [9.17, 15) is 19.2 Å². The van der Waals surface area contributed by atoms with Gasteiger partial charge in [-0.25, -0.2) is 4.79 Å². The highest BCUT2D eigenvalue weighted by atomic mass is 16.4. The summed E-state index contributed by atoms with van der Waals surface area (Å²) >= 11 is 0. The number of carbonyl (C=O) groups is 4. The van der Waals surface area contributed by atoms with Crippen molar-refractivity contribution in [3.63, 3.8) is 0 Å². The maximum atomic E-state index is 11.5. The van der Waals surface area contributed by atoms with Gasteiger partial charge in [0.05, 0.1) is 0 Å². The summed E-state index contributed by atoms with van der Waals surface area (Å²) in [5.74, 6) is -2.90. The van der Waals surface area contributed by atoms with Gasteiger partial charge in [-0.05, 0) is 6.92 Å². The quantitative estimate of drug-likeness (QED) is 0.434. The number of hydrogen-bond acceptors (Lipinski definition) is 4. The van der Waals surface area contributed by atoms with E-state index in [1.54, 1.807) is 6.92 Å². The van der Waals surface area contributed by atoms with Crippen LogP contribution in [0.3, 0.4) is 0 Å². The van der Waals surface area contributed by atoms with Crippen LogP contribution >= 0.6 is 0 Å². The zero-order valence-corrected chi connectivity index (χ0v) is 10.5. The van der Waals surface area contributed by atoms with E-state index < -0.39 is 31.1 Å². The van der Waals surface area contributed by atoms with Crippen LogP contribution in [0.1, 0.15) is 13.3 Å². The van der Waals surface area contributed by atoms with Gasteiger partial charge in [-0.3, -0.25) is 14.4 Å². The summed E-state index contributed by atoms with van der Waals surface area (Å²) in [6, 6.07) is -0.839. The van der Waals surface area contributed by atoms with Crippen molar-refractivity contribution in [2.45, 2.75) is 13.3 Å². The van der Waals surface area contributed by atoms with Crippen molar-refractivity contribution in [3.05, 3.63) is 0 Å². The first kappa shape index (κ1) is 16.7. The Morgan fingerprint density at radius 2 is 1.53 bits per heavy atom. The molecule has 0 fully saturated rings. The Kier molecular flexibility index (Phi) is 7.66. The van der Waals surface area contributed by atoms with E-state index in [-0.39, 0.29) is 18.9 Å². The second-order valence-electron chi connectivity index (χ2n) is 3.58. The molecule has 108 valence electrons. The van der Waals surface area contributed by atoms with Gasteiger partial charge in [0.2, 0.25) is 5.91 Å². The summed E-state index contributed by atoms with van der Waals surface area (Å²) < 4.78 is 0. The molecular formula is C10H17N3O6. The lowest BCUT2D eigenvalue weighted by Crippen LogP contribution is -2.46. The molecule has 0 aliphatic rings. The molecule has 0 aromatic rings. The number of urea groups is 1. The topological polar surface area (TPSA) is 136 Å². The van der Waals surface area contributed by atoms with E-state index in [1.807, 2.05) is 0 Å². The molecular weight excluding hydrogens is 258 g/mol. The molecule has 0 aromatic carbocycles. The fourth-order valence-corrected chi connectivity index (χ4v) is 1.21. The number of nitrogens with zero attached hydrogens (tertiary/aromatic N) is 1. The second kappa shape index (κ2) is 8.72. The fraction of sp³-hybridized carbons (Fsp3) is 0.600. The molecule has 0 spiro atoms. The van der Waals surface area contributed by atoms with Crippen LogP contribution in [0, 0.1) is 0 Å². The van der Waals surface area contributed by atoms with Gasteiger partial charge >= 0.3 is 18.0 Å². The molecule has 9 heteroatoms. The molecule has 0 heterocycles. The SMILES string of the molecule is CCNC(=O)CCNC(=O)N(CC(=O)O)CC(=O)O. The van der Waals surface area contributed by atoms with Gasteiger partial charge in [-0.2, -0.15) is 0 Å². The number of amides is 3. The van der Waals surface area contributed by atoms with E-state index in [1.165, 1.54) is 0 Å². The zero-order chi connectivity index (χ0) is 14.8. The summed E-state index contributed by atoms with van der Waals surface area (Å²) in [5, 5.41) is 21.9. The van der Waals surface area contributed by atoms with E-state index in [2.05, 4.69) is 10.6 Å². The van der Waals surface area contributed by atoms with Crippen molar-refractivity contribution >= 4 is 23.9 Å². The van der Waals surface area contributed by atoms with Crippen LogP contribution in [0.5, 0.6) is 0 Å². The third-order valence-electron chi connectivity index (χ3n) is 1.94. The molecule has 0 aromatic heterocycles. The van der Waals surface area contributed by atoms with Crippen LogP contribution in [-0.2, 0) is 14.4 Å². The molecule has 19 heavy (non-hydrogen) atoms. The fourth-order valence-electron chi connectivity index (χ4n) is 1.21. The van der Waals surface area contributed by atoms with Gasteiger partial charge in [0.25, 0.3) is 0 Å². The van der Waals surface area contributed by atoms with Crippen LogP contribution in [0.4, 0.5) is 4.79 Å². The van der Waals surface area contributed by atoms with Crippen LogP contribution in [-0.4, -0.2) is 65.2 Å². The average molecular weight is 275 g/mol. The molecule has 0 saturated carbocycles. The minimum Gasteiger partial charge on any atom is -0.480 e. The maximum Gasteiger partial charge on any atom is 0.323 e. The standard InChI is InChI=1S/C10H17N3O6/c1-2-11-7(14)3-4-12-10(19)13(5-8(15)16)6-9(17)18/h2-6H2,1H3,(H,11,14)(H,12,19)(H,15,16)(H,17,18). The monoisotopic (exact) mass is 275 g/mol. The van der Waals surface area contributed by atoms with Crippen molar-refractivity contribution in [2.75, 3.05) is 26.2 Å². The van der Waals surface area contributed by atoms with Crippen molar-refractivity contribution < 1.29 is 29.4 Å². The van der Waals surface area contributed by atoms with Gasteiger partial charge < -0.3 is 25.7 Å². The highest BCUT2D eigenvalue weighted by Crippen LogP contribution is 1.91. The van der Waals surface area contributed by atoms with Gasteiger partial charge in [0.15, 0.2) is 0 Å². The van der Waals surface area contributed by atoms with E-state index in [0.29, 0.717) is 11.4 Å². The largest absolute Gasteiger partial charge is 0.480 e. The van der Waals surface area contributed by atoms with Gasteiger partial charge in [-0.15, -0.1) is 0 Å². The highest BCUT2D eigenvalue weighted by Gasteiger charge is 2.19. The lowest BCUT2D eigenvalue weighted by Gasteiger charge is -2.18. The maximum absolute atomic E-state index is 11.5. The smallest absolute Gasteiger partial charge is 0.323 e. The molecule has 0 bridgehead atoms.